The lowest BCUT2D eigenvalue weighted by atomic mass is 9.89. The highest BCUT2D eigenvalue weighted by atomic mass is 19.4. The minimum Gasteiger partial charge on any atom is -0.166 e. The Morgan fingerprint density at radius 2 is 0.419 bits per heavy atom. The smallest absolute Gasteiger partial charge is 0.166 e. The normalized spacial score (nSPS) is 12.7. The maximum Gasteiger partial charge on any atom is 0.416 e. The van der Waals surface area contributed by atoms with Gasteiger partial charge < -0.3 is 0 Å². The molecule has 0 heterocycles. The Hall–Kier alpha value is -9.32. The van der Waals surface area contributed by atoms with E-state index in [0.717, 1.165) is 72.8 Å². The molecule has 0 saturated heterocycles. The van der Waals surface area contributed by atoms with Gasteiger partial charge in [0.05, 0.1) is 33.4 Å². The van der Waals surface area contributed by atoms with Gasteiger partial charge in [-0.3, -0.25) is 0 Å². The van der Waals surface area contributed by atoms with Crippen molar-refractivity contribution >= 4 is 47.6 Å². The third-order valence-corrected chi connectivity index (χ3v) is 13.8. The van der Waals surface area contributed by atoms with Crippen LogP contribution in [0, 0.1) is 0 Å². The van der Waals surface area contributed by atoms with Crippen LogP contribution in [-0.2, 0) is 37.1 Å². The Morgan fingerprint density at radius 3 is 0.628 bits per heavy atom. The van der Waals surface area contributed by atoms with Gasteiger partial charge in [-0.25, -0.2) is 0 Å². The van der Waals surface area contributed by atoms with Crippen molar-refractivity contribution in [1.29, 1.82) is 0 Å². The van der Waals surface area contributed by atoms with Crippen LogP contribution in [0.15, 0.2) is 206 Å². The number of benzene rings is 9. The molecule has 438 valence electrons. The number of hydrogen-bond donors (Lipinski definition) is 0. The highest BCUT2D eigenvalue weighted by Crippen LogP contribution is 2.41. The third kappa shape index (κ3) is 14.9. The second kappa shape index (κ2) is 24.0. The Bertz CT molecular complexity index is 3560. The molecule has 0 radical (unpaired) electrons. The molecule has 0 unspecified atom stereocenters. The molecule has 0 spiro atoms. The van der Waals surface area contributed by atoms with Gasteiger partial charge in [-0.2, -0.15) is 79.0 Å². The molecular weight excluding hydrogens is 1160 g/mol. The van der Waals surface area contributed by atoms with Gasteiger partial charge in [0.2, 0.25) is 0 Å². The van der Waals surface area contributed by atoms with Gasteiger partial charge >= 0.3 is 37.1 Å². The molecule has 0 fully saturated rings. The summed E-state index contributed by atoms with van der Waals surface area (Å²) in [5.41, 5.74) is 0.148. The lowest BCUT2D eigenvalue weighted by molar-refractivity contribution is -0.138. The van der Waals surface area contributed by atoms with Crippen molar-refractivity contribution in [3.63, 3.8) is 0 Å². The SMILES string of the molecule is FC(F)(F)c1ccc(C(=Cc2ccc(C=Cc3cc(-c4ccc(C(F)(F)F)cc4)c(C=Cc4ccc(C=C(c5ccc(C(F)(F)F)cc5)c5ccc(C(F)(F)F)cc5)cc4)cc3-c3ccc(C(F)(F)F)cc3)cc2)c2ccc(C(F)(F)F)cc2)cc1. The standard InChI is InChI=1S/C68H40F18/c69-63(70,71)53-25-13-45(14-26-53)59(46-15-27-54(28-16-46)64(72,73)74)37-43-5-1-41(2-6-43)9-11-51-39-62(50-23-35-58(36-24-50)68(84,85)86)52(40-61(51)49-21-33-57(34-22-49)67(81,82)83)12-10-42-3-7-44(8-4-42)38-60(47-17-29-55(30-18-47)65(75,76)77)48-19-31-56(32-20-48)66(78,79)80/h1-40H. The van der Waals surface area contributed by atoms with E-state index in [-0.39, 0.29) is 22.3 Å². The predicted octanol–water partition coefficient (Wildman–Crippen LogP) is 22.7. The van der Waals surface area contributed by atoms with Crippen LogP contribution in [0.25, 0.3) is 69.9 Å². The number of alkyl halides is 18. The Kier molecular flexibility index (Phi) is 17.1. The predicted molar refractivity (Wildman–Crippen MR) is 298 cm³/mol. The molecule has 0 aliphatic heterocycles. The van der Waals surface area contributed by atoms with Gasteiger partial charge in [0.25, 0.3) is 0 Å². The molecule has 0 atom stereocenters. The summed E-state index contributed by atoms with van der Waals surface area (Å²) < 4.78 is 245. The van der Waals surface area contributed by atoms with Crippen molar-refractivity contribution < 1.29 is 79.0 Å². The molecule has 9 aromatic carbocycles. The van der Waals surface area contributed by atoms with E-state index in [2.05, 4.69) is 0 Å². The summed E-state index contributed by atoms with van der Waals surface area (Å²) >= 11 is 0. The molecule has 0 aliphatic rings. The lowest BCUT2D eigenvalue weighted by Gasteiger charge is -2.16. The van der Waals surface area contributed by atoms with Crippen molar-refractivity contribution in [3.05, 3.63) is 295 Å². The summed E-state index contributed by atoms with van der Waals surface area (Å²) in [4.78, 5) is 0. The Morgan fingerprint density at radius 1 is 0.221 bits per heavy atom. The zero-order valence-electron chi connectivity index (χ0n) is 43.9. The van der Waals surface area contributed by atoms with E-state index in [1.54, 1.807) is 97.1 Å². The fourth-order valence-corrected chi connectivity index (χ4v) is 9.22. The first kappa shape index (κ1) is 61.2. The third-order valence-electron chi connectivity index (χ3n) is 13.8. The molecule has 18 heteroatoms. The maximum atomic E-state index is 13.9. The van der Waals surface area contributed by atoms with E-state index in [9.17, 15) is 79.0 Å². The van der Waals surface area contributed by atoms with Crippen molar-refractivity contribution in [1.82, 2.24) is 0 Å². The molecule has 0 bridgehead atoms. The van der Waals surface area contributed by atoms with Gasteiger partial charge in [0.1, 0.15) is 0 Å². The lowest BCUT2D eigenvalue weighted by Crippen LogP contribution is -2.05. The number of halogens is 18. The summed E-state index contributed by atoms with van der Waals surface area (Å²) in [6, 6.07) is 41.3. The summed E-state index contributed by atoms with van der Waals surface area (Å²) in [6.07, 6.45) is -18.3. The average molecular weight is 1200 g/mol. The van der Waals surface area contributed by atoms with Gasteiger partial charge in [-0.1, -0.05) is 146 Å². The zero-order chi connectivity index (χ0) is 62.0. The average Bonchev–Trinajstić information content (AvgIpc) is 2.69. The van der Waals surface area contributed by atoms with E-state index in [4.69, 9.17) is 0 Å². The quantitative estimate of drug-likeness (QED) is 0.0845. The van der Waals surface area contributed by atoms with Gasteiger partial charge in [-0.15, -0.1) is 0 Å². The minimum atomic E-state index is -4.70. The van der Waals surface area contributed by atoms with Crippen LogP contribution in [0.5, 0.6) is 0 Å². The summed E-state index contributed by atoms with van der Waals surface area (Å²) in [6.45, 7) is 0. The molecule has 0 aromatic heterocycles. The van der Waals surface area contributed by atoms with E-state index >= 15 is 0 Å². The minimum absolute atomic E-state index is 0.262. The van der Waals surface area contributed by atoms with Crippen molar-refractivity contribution in [2.75, 3.05) is 0 Å². The molecule has 9 aromatic rings. The van der Waals surface area contributed by atoms with Crippen LogP contribution in [0.3, 0.4) is 0 Å². The van der Waals surface area contributed by atoms with E-state index in [1.165, 1.54) is 72.8 Å². The molecule has 0 amide bonds. The number of hydrogen-bond acceptors (Lipinski definition) is 0. The molecule has 9 rings (SSSR count). The summed E-state index contributed by atoms with van der Waals surface area (Å²) in [5, 5.41) is 0. The van der Waals surface area contributed by atoms with Crippen molar-refractivity contribution in [2.45, 2.75) is 37.1 Å². The molecule has 0 N–H and O–H groups in total. The van der Waals surface area contributed by atoms with Crippen LogP contribution in [0.1, 0.15) is 89.0 Å². The van der Waals surface area contributed by atoms with Crippen LogP contribution in [0.4, 0.5) is 79.0 Å². The van der Waals surface area contributed by atoms with Gasteiger partial charge in [0, 0.05) is 0 Å². The van der Waals surface area contributed by atoms with Gasteiger partial charge in [0.15, 0.2) is 0 Å². The summed E-state index contributed by atoms with van der Waals surface area (Å²) in [5.74, 6) is 0. The molecule has 86 heavy (non-hydrogen) atoms. The first-order valence-corrected chi connectivity index (χ1v) is 25.6. The Balaban J connectivity index is 1.10. The van der Waals surface area contributed by atoms with Crippen LogP contribution in [-0.4, -0.2) is 0 Å². The van der Waals surface area contributed by atoms with Crippen LogP contribution < -0.4 is 0 Å². The molecular formula is C68H40F18. The van der Waals surface area contributed by atoms with E-state index < -0.39 is 70.4 Å². The fourth-order valence-electron chi connectivity index (χ4n) is 9.22. The topological polar surface area (TPSA) is 0 Å². The van der Waals surface area contributed by atoms with Crippen molar-refractivity contribution in [3.8, 4) is 22.3 Å². The fraction of sp³-hybridized carbons (Fsp3) is 0.0882. The second-order valence-electron chi connectivity index (χ2n) is 19.6. The molecule has 0 aliphatic carbocycles. The maximum absolute atomic E-state index is 13.9. The first-order chi connectivity index (χ1) is 40.4. The number of rotatable bonds is 12. The van der Waals surface area contributed by atoms with Crippen LogP contribution in [0.2, 0.25) is 0 Å². The highest BCUT2D eigenvalue weighted by Gasteiger charge is 2.34. The second-order valence-corrected chi connectivity index (χ2v) is 19.6. The first-order valence-electron chi connectivity index (χ1n) is 25.6. The largest absolute Gasteiger partial charge is 0.416 e. The van der Waals surface area contributed by atoms with E-state index in [0.29, 0.717) is 66.8 Å². The van der Waals surface area contributed by atoms with Crippen molar-refractivity contribution in [2.24, 2.45) is 0 Å². The zero-order valence-corrected chi connectivity index (χ0v) is 43.9. The van der Waals surface area contributed by atoms with Crippen LogP contribution >= 0.6 is 0 Å². The molecule has 0 nitrogen and oxygen atoms in total. The Labute approximate surface area is 479 Å². The monoisotopic (exact) mass is 1200 g/mol. The molecule has 0 saturated carbocycles. The highest BCUT2D eigenvalue weighted by molar-refractivity contribution is 5.94. The van der Waals surface area contributed by atoms with Gasteiger partial charge in [-0.05, 0) is 186 Å². The summed E-state index contributed by atoms with van der Waals surface area (Å²) in [7, 11) is 0. The van der Waals surface area contributed by atoms with E-state index in [1.807, 2.05) is 0 Å².